The van der Waals surface area contributed by atoms with Crippen LogP contribution in [0.2, 0.25) is 0 Å². The number of benzene rings is 8. The summed E-state index contributed by atoms with van der Waals surface area (Å²) in [4.78, 5) is 0. The van der Waals surface area contributed by atoms with Crippen molar-refractivity contribution in [3.63, 3.8) is 0 Å². The third-order valence-electron chi connectivity index (χ3n) is 7.35. The van der Waals surface area contributed by atoms with Gasteiger partial charge in [-0.15, -0.1) is 0 Å². The van der Waals surface area contributed by atoms with Crippen LogP contribution in [-0.4, -0.2) is 0 Å². The topological polar surface area (TPSA) is 13.1 Å². The molecule has 1 heterocycles. The van der Waals surface area contributed by atoms with Crippen LogP contribution in [0.1, 0.15) is 23.3 Å². The second-order valence-electron chi connectivity index (χ2n) is 9.56. The SMILES string of the molecule is [2H]c1c([2H])c([2H])c2c(-c3c([2H])c([2H])c4c(c3[2H])c([2H])c([2H])c3c([2H])c([2H])c([2H])c([2H])c34)c3c([2H])c([2H])c([2H])c([2H])c3c(-c3ccc4oc5ccccc5c4c3)c2c1[2H]. The Kier molecular flexibility index (Phi) is 2.42. The van der Waals surface area contributed by atoms with Crippen LogP contribution in [0.3, 0.4) is 0 Å². The molecule has 1 nitrogen and oxygen atoms in total. The lowest BCUT2D eigenvalue weighted by Crippen LogP contribution is -1.91. The summed E-state index contributed by atoms with van der Waals surface area (Å²) in [6, 6.07) is 0.360. The molecule has 0 atom stereocenters. The Labute approximate surface area is 260 Å². The van der Waals surface area contributed by atoms with Crippen LogP contribution in [-0.2, 0) is 0 Å². The van der Waals surface area contributed by atoms with Crippen molar-refractivity contribution >= 4 is 65.0 Å². The number of fused-ring (bicyclic) bond motifs is 8. The van der Waals surface area contributed by atoms with Gasteiger partial charge in [0.1, 0.15) is 11.2 Å². The Bertz CT molecular complexity index is 3340. The first-order valence-electron chi connectivity index (χ1n) is 21.2. The highest BCUT2D eigenvalue weighted by Gasteiger charge is 2.18. The Hall–Kier alpha value is -5.40. The average molecular weight is 538 g/mol. The number of hydrogen-bond acceptors (Lipinski definition) is 1. The van der Waals surface area contributed by atoms with Crippen molar-refractivity contribution in [2.75, 3.05) is 0 Å². The van der Waals surface area contributed by atoms with Gasteiger partial charge in [-0.2, -0.15) is 0 Å². The number of furan rings is 1. The van der Waals surface area contributed by atoms with Gasteiger partial charge in [0, 0.05) is 10.8 Å². The largest absolute Gasteiger partial charge is 0.456 e. The van der Waals surface area contributed by atoms with Gasteiger partial charge in [0.25, 0.3) is 0 Å². The van der Waals surface area contributed by atoms with Gasteiger partial charge in [-0.25, -0.2) is 0 Å². The third kappa shape index (κ3) is 3.30. The van der Waals surface area contributed by atoms with Crippen molar-refractivity contribution < 1.29 is 27.7 Å². The summed E-state index contributed by atoms with van der Waals surface area (Å²) < 4.78 is 158. The molecule has 0 unspecified atom stereocenters. The lowest BCUT2D eigenvalue weighted by Gasteiger charge is -2.18. The zero-order chi connectivity index (χ0) is 41.7. The molecule has 0 aliphatic rings. The first-order chi connectivity index (χ1) is 27.4. The minimum absolute atomic E-state index is 0.00138. The summed E-state index contributed by atoms with van der Waals surface area (Å²) in [5, 5.41) is -1.40. The van der Waals surface area contributed by atoms with E-state index in [-0.39, 0.29) is 32.5 Å². The molecule has 0 amide bonds. The average Bonchev–Trinajstić information content (AvgIpc) is 3.59. The molecule has 9 rings (SSSR count). The highest BCUT2D eigenvalue weighted by Crippen LogP contribution is 2.45. The van der Waals surface area contributed by atoms with E-state index in [1.807, 2.05) is 6.07 Å². The molecule has 8 aromatic carbocycles. The molecule has 9 aromatic rings. The van der Waals surface area contributed by atoms with Crippen molar-refractivity contribution in [2.24, 2.45) is 0 Å². The van der Waals surface area contributed by atoms with E-state index in [1.54, 1.807) is 36.4 Å². The summed E-state index contributed by atoms with van der Waals surface area (Å²) >= 11 is 0. The van der Waals surface area contributed by atoms with Crippen LogP contribution in [0.5, 0.6) is 0 Å². The molecule has 0 saturated heterocycles. The normalized spacial score (nSPS) is 17.7. The smallest absolute Gasteiger partial charge is 0.135 e. The molecule has 0 fully saturated rings. The van der Waals surface area contributed by atoms with E-state index >= 15 is 0 Å². The molecule has 0 radical (unpaired) electrons. The fourth-order valence-corrected chi connectivity index (χ4v) is 5.58. The lowest BCUT2D eigenvalue weighted by molar-refractivity contribution is 0.669. The molecule has 190 valence electrons. The summed E-state index contributed by atoms with van der Waals surface area (Å²) in [7, 11) is 0. The van der Waals surface area contributed by atoms with E-state index in [1.165, 1.54) is 0 Å². The summed E-state index contributed by atoms with van der Waals surface area (Å²) in [5.41, 5.74) is 0.382. The molecule has 0 spiro atoms. The van der Waals surface area contributed by atoms with Gasteiger partial charge in [-0.05, 0) is 89.6 Å². The molecule has 41 heavy (non-hydrogen) atoms. The van der Waals surface area contributed by atoms with Crippen molar-refractivity contribution in [1.82, 2.24) is 0 Å². The van der Waals surface area contributed by atoms with Gasteiger partial charge in [0.15, 0.2) is 0 Å². The Morgan fingerprint density at radius 1 is 0.415 bits per heavy atom. The van der Waals surface area contributed by atoms with Gasteiger partial charge in [0.05, 0.1) is 23.3 Å². The second kappa shape index (κ2) is 8.55. The van der Waals surface area contributed by atoms with Crippen molar-refractivity contribution in [1.29, 1.82) is 0 Å². The lowest BCUT2D eigenvalue weighted by atomic mass is 9.85. The number of rotatable bonds is 2. The molecule has 0 N–H and O–H groups in total. The van der Waals surface area contributed by atoms with Gasteiger partial charge in [0.2, 0.25) is 0 Å². The molecule has 0 bridgehead atoms. The highest BCUT2D eigenvalue weighted by atomic mass is 16.3. The van der Waals surface area contributed by atoms with Crippen LogP contribution in [0.15, 0.2) is 150 Å². The van der Waals surface area contributed by atoms with Crippen LogP contribution in [0.25, 0.3) is 87.3 Å². The predicted molar refractivity (Wildman–Crippen MR) is 175 cm³/mol. The standard InChI is InChI=1S/C40H24O/c1-2-10-29-25(9-1)17-18-26-23-27(19-21-30(26)29)39-32-12-3-5-14-34(32)40(35-15-6-4-13-33(35)39)28-20-22-38-36(24-28)31-11-7-8-16-37(31)41-38/h1-24H/i1D,2D,3D,4D,5D,6D,9D,10D,12D,13D,14D,15D,17D,18D,19D,21D,23D. The zero-order valence-corrected chi connectivity index (χ0v) is 20.9. The molecule has 0 saturated carbocycles. The maximum atomic E-state index is 9.61. The maximum absolute atomic E-state index is 9.61. The van der Waals surface area contributed by atoms with Crippen molar-refractivity contribution in [3.8, 4) is 22.3 Å². The van der Waals surface area contributed by atoms with Crippen LogP contribution in [0.4, 0.5) is 0 Å². The molecule has 0 aliphatic carbocycles. The second-order valence-corrected chi connectivity index (χ2v) is 9.56. The molecule has 1 aromatic heterocycles. The van der Waals surface area contributed by atoms with E-state index in [0.29, 0.717) is 27.5 Å². The fourth-order valence-electron chi connectivity index (χ4n) is 5.58. The quantitative estimate of drug-likeness (QED) is 0.158. The molecular weight excluding hydrogens is 496 g/mol. The van der Waals surface area contributed by atoms with Gasteiger partial charge < -0.3 is 4.42 Å². The Morgan fingerprint density at radius 3 is 1.76 bits per heavy atom. The van der Waals surface area contributed by atoms with E-state index in [2.05, 4.69) is 0 Å². The first kappa shape index (κ1) is 11.6. The Balaban J connectivity index is 1.58. The van der Waals surface area contributed by atoms with Gasteiger partial charge in [-0.3, -0.25) is 0 Å². The molecule has 1 heteroatoms. The van der Waals surface area contributed by atoms with E-state index in [9.17, 15) is 9.60 Å². The van der Waals surface area contributed by atoms with Crippen LogP contribution >= 0.6 is 0 Å². The third-order valence-corrected chi connectivity index (χ3v) is 7.35. The van der Waals surface area contributed by atoms with Crippen LogP contribution < -0.4 is 0 Å². The summed E-state index contributed by atoms with van der Waals surface area (Å²) in [6.07, 6.45) is 0. The number of para-hydroxylation sites is 1. The molecule has 0 aliphatic heterocycles. The number of hydrogen-bond donors (Lipinski definition) is 0. The molecular formula is C40H24O. The minimum Gasteiger partial charge on any atom is -0.456 e. The highest BCUT2D eigenvalue weighted by molar-refractivity contribution is 6.22. The van der Waals surface area contributed by atoms with Crippen LogP contribution in [0, 0.1) is 0 Å². The van der Waals surface area contributed by atoms with Gasteiger partial charge in [-0.1, -0.05) is 121 Å². The monoisotopic (exact) mass is 537 g/mol. The predicted octanol–water partition coefficient (Wildman–Crippen LogP) is 11.5. The van der Waals surface area contributed by atoms with E-state index < -0.39 is 130 Å². The van der Waals surface area contributed by atoms with Crippen molar-refractivity contribution in [3.05, 3.63) is 145 Å². The minimum atomic E-state index is -0.787. The summed E-state index contributed by atoms with van der Waals surface area (Å²) in [5.74, 6) is 0. The Morgan fingerprint density at radius 2 is 1.00 bits per heavy atom. The first-order valence-corrected chi connectivity index (χ1v) is 12.7. The van der Waals surface area contributed by atoms with E-state index in [4.69, 9.17) is 18.1 Å². The fraction of sp³-hybridized carbons (Fsp3) is 0. The van der Waals surface area contributed by atoms with Gasteiger partial charge >= 0.3 is 0 Å². The maximum Gasteiger partial charge on any atom is 0.135 e. The zero-order valence-electron chi connectivity index (χ0n) is 37.9. The van der Waals surface area contributed by atoms with Crippen molar-refractivity contribution in [2.45, 2.75) is 0 Å². The van der Waals surface area contributed by atoms with E-state index in [0.717, 1.165) is 0 Å². The summed E-state index contributed by atoms with van der Waals surface area (Å²) in [6.45, 7) is 0.